The number of imide groups is 1. The SMILES string of the molecule is CC.O=C(O)CN1CCC(c2ccc(NC3CCC(=O)NC3=O)cc2F)CC1. The summed E-state index contributed by atoms with van der Waals surface area (Å²) in [5.74, 6) is -1.80. The highest BCUT2D eigenvalue weighted by molar-refractivity contribution is 6.01. The minimum absolute atomic E-state index is 0.0179. The van der Waals surface area contributed by atoms with Gasteiger partial charge in [-0.15, -0.1) is 0 Å². The van der Waals surface area contributed by atoms with Gasteiger partial charge in [-0.2, -0.15) is 0 Å². The fourth-order valence-electron chi connectivity index (χ4n) is 3.57. The van der Waals surface area contributed by atoms with Gasteiger partial charge in [0.15, 0.2) is 0 Å². The number of carboxylic acids is 1. The molecule has 2 aliphatic rings. The Labute approximate surface area is 164 Å². The molecule has 1 atom stereocenters. The quantitative estimate of drug-likeness (QED) is 0.664. The molecule has 28 heavy (non-hydrogen) atoms. The van der Waals surface area contributed by atoms with E-state index < -0.39 is 17.9 Å². The molecule has 0 saturated carbocycles. The Bertz CT molecular complexity index is 717. The molecule has 0 spiro atoms. The van der Waals surface area contributed by atoms with Crippen LogP contribution in [-0.2, 0) is 14.4 Å². The van der Waals surface area contributed by atoms with Crippen LogP contribution in [0.1, 0.15) is 51.0 Å². The number of aliphatic carboxylic acids is 1. The summed E-state index contributed by atoms with van der Waals surface area (Å²) < 4.78 is 14.6. The first-order valence-electron chi connectivity index (χ1n) is 9.76. The smallest absolute Gasteiger partial charge is 0.317 e. The highest BCUT2D eigenvalue weighted by Gasteiger charge is 2.27. The van der Waals surface area contributed by atoms with Crippen molar-refractivity contribution in [2.45, 2.75) is 51.5 Å². The number of benzene rings is 1. The fraction of sp³-hybridized carbons (Fsp3) is 0.550. The largest absolute Gasteiger partial charge is 0.480 e. The second kappa shape index (κ2) is 10.2. The molecule has 2 heterocycles. The average Bonchev–Trinajstić information content (AvgIpc) is 2.66. The van der Waals surface area contributed by atoms with Crippen LogP contribution >= 0.6 is 0 Å². The molecule has 154 valence electrons. The lowest BCUT2D eigenvalue weighted by atomic mass is 9.89. The number of carboxylic acid groups (broad SMARTS) is 1. The van der Waals surface area contributed by atoms with Crippen LogP contribution in [0.4, 0.5) is 10.1 Å². The van der Waals surface area contributed by atoms with Gasteiger partial charge in [-0.3, -0.25) is 24.6 Å². The van der Waals surface area contributed by atoms with E-state index in [2.05, 4.69) is 10.6 Å². The predicted octanol–water partition coefficient (Wildman–Crippen LogP) is 2.33. The first-order valence-corrected chi connectivity index (χ1v) is 9.76. The first-order chi connectivity index (χ1) is 13.4. The second-order valence-corrected chi connectivity index (χ2v) is 6.83. The lowest BCUT2D eigenvalue weighted by Gasteiger charge is -2.31. The van der Waals surface area contributed by atoms with Crippen LogP contribution in [-0.4, -0.2) is 53.5 Å². The van der Waals surface area contributed by atoms with Crippen LogP contribution in [0.3, 0.4) is 0 Å². The molecule has 2 amide bonds. The van der Waals surface area contributed by atoms with E-state index >= 15 is 0 Å². The first kappa shape index (κ1) is 21.8. The number of amides is 2. The molecule has 8 heteroatoms. The Hall–Kier alpha value is -2.48. The van der Waals surface area contributed by atoms with Gasteiger partial charge in [-0.1, -0.05) is 19.9 Å². The van der Waals surface area contributed by atoms with E-state index in [0.717, 1.165) is 0 Å². The number of anilines is 1. The van der Waals surface area contributed by atoms with Gasteiger partial charge in [0.2, 0.25) is 11.8 Å². The van der Waals surface area contributed by atoms with E-state index in [1.807, 2.05) is 18.7 Å². The molecule has 0 aliphatic carbocycles. The molecule has 3 rings (SSSR count). The van der Waals surface area contributed by atoms with Crippen LogP contribution in [0, 0.1) is 5.82 Å². The summed E-state index contributed by atoms with van der Waals surface area (Å²) in [6, 6.07) is 4.30. The van der Waals surface area contributed by atoms with Gasteiger partial charge in [0.1, 0.15) is 11.9 Å². The number of hydrogen-bond donors (Lipinski definition) is 3. The minimum atomic E-state index is -0.849. The Morgan fingerprint density at radius 1 is 1.25 bits per heavy atom. The molecule has 7 nitrogen and oxygen atoms in total. The number of hydrogen-bond acceptors (Lipinski definition) is 5. The third-order valence-corrected chi connectivity index (χ3v) is 4.97. The van der Waals surface area contributed by atoms with Crippen molar-refractivity contribution in [1.82, 2.24) is 10.2 Å². The second-order valence-electron chi connectivity index (χ2n) is 6.83. The van der Waals surface area contributed by atoms with E-state index in [9.17, 15) is 18.8 Å². The number of rotatable bonds is 5. The van der Waals surface area contributed by atoms with Crippen LogP contribution < -0.4 is 10.6 Å². The standard InChI is InChI=1S/C18H22FN3O4.C2H6/c19-14-9-12(20-15-3-4-16(23)21-18(15)26)1-2-13(14)11-5-7-22(8-6-11)10-17(24)25;1-2/h1-2,9,11,15,20H,3-8,10H2,(H,24,25)(H,21,23,26);1-2H3. The highest BCUT2D eigenvalue weighted by atomic mass is 19.1. The number of carbonyl (C=O) groups is 3. The number of piperidine rings is 2. The maximum absolute atomic E-state index is 14.6. The van der Waals surface area contributed by atoms with Crippen molar-refractivity contribution in [3.8, 4) is 0 Å². The summed E-state index contributed by atoms with van der Waals surface area (Å²) in [6.07, 6.45) is 2.07. The molecule has 2 fully saturated rings. The van der Waals surface area contributed by atoms with Gasteiger partial charge in [0.25, 0.3) is 0 Å². The van der Waals surface area contributed by atoms with Crippen molar-refractivity contribution in [1.29, 1.82) is 0 Å². The van der Waals surface area contributed by atoms with Crippen LogP contribution in [0.15, 0.2) is 18.2 Å². The average molecular weight is 393 g/mol. The Balaban J connectivity index is 0.00000136. The van der Waals surface area contributed by atoms with Crippen molar-refractivity contribution in [2.75, 3.05) is 25.0 Å². The summed E-state index contributed by atoms with van der Waals surface area (Å²) in [5, 5.41) is 14.1. The molecule has 1 aromatic carbocycles. The normalized spacial score (nSPS) is 20.8. The van der Waals surface area contributed by atoms with Crippen LogP contribution in [0.2, 0.25) is 0 Å². The molecule has 0 bridgehead atoms. The number of nitrogens with zero attached hydrogens (tertiary/aromatic N) is 1. The van der Waals surface area contributed by atoms with Crippen molar-refractivity contribution in [3.63, 3.8) is 0 Å². The number of nitrogens with one attached hydrogen (secondary N) is 2. The number of carbonyl (C=O) groups excluding carboxylic acids is 2. The summed E-state index contributed by atoms with van der Waals surface area (Å²) in [4.78, 5) is 35.6. The van der Waals surface area contributed by atoms with Gasteiger partial charge in [-0.25, -0.2) is 4.39 Å². The molecule has 1 unspecified atom stereocenters. The van der Waals surface area contributed by atoms with Crippen molar-refractivity contribution >= 4 is 23.5 Å². The van der Waals surface area contributed by atoms with E-state index in [-0.39, 0.29) is 30.6 Å². The van der Waals surface area contributed by atoms with Crippen molar-refractivity contribution in [3.05, 3.63) is 29.6 Å². The molecule has 3 N–H and O–H groups in total. The molecule has 2 aliphatic heterocycles. The van der Waals surface area contributed by atoms with Crippen LogP contribution in [0.5, 0.6) is 0 Å². The summed E-state index contributed by atoms with van der Waals surface area (Å²) in [7, 11) is 0. The van der Waals surface area contributed by atoms with Gasteiger partial charge in [-0.05, 0) is 56.0 Å². The number of halogens is 1. The molecule has 1 aromatic rings. The van der Waals surface area contributed by atoms with Gasteiger partial charge in [0.05, 0.1) is 6.54 Å². The molecular weight excluding hydrogens is 365 g/mol. The van der Waals surface area contributed by atoms with E-state index in [0.29, 0.717) is 43.6 Å². The van der Waals surface area contributed by atoms with Gasteiger partial charge < -0.3 is 10.4 Å². The third-order valence-electron chi connectivity index (χ3n) is 4.97. The van der Waals surface area contributed by atoms with Crippen LogP contribution in [0.25, 0.3) is 0 Å². The Morgan fingerprint density at radius 2 is 1.93 bits per heavy atom. The highest BCUT2D eigenvalue weighted by Crippen LogP contribution is 2.31. The lowest BCUT2D eigenvalue weighted by Crippen LogP contribution is -2.47. The Morgan fingerprint density at radius 3 is 2.50 bits per heavy atom. The minimum Gasteiger partial charge on any atom is -0.480 e. The molecule has 0 aromatic heterocycles. The van der Waals surface area contributed by atoms with Crippen molar-refractivity contribution < 1.29 is 23.9 Å². The topological polar surface area (TPSA) is 98.7 Å². The fourth-order valence-corrected chi connectivity index (χ4v) is 3.57. The van der Waals surface area contributed by atoms with Gasteiger partial charge in [0, 0.05) is 12.1 Å². The molecule has 2 saturated heterocycles. The maximum atomic E-state index is 14.6. The summed E-state index contributed by atoms with van der Waals surface area (Å²) in [5.41, 5.74) is 1.12. The van der Waals surface area contributed by atoms with Gasteiger partial charge >= 0.3 is 5.97 Å². The summed E-state index contributed by atoms with van der Waals surface area (Å²) >= 11 is 0. The van der Waals surface area contributed by atoms with E-state index in [1.165, 1.54) is 6.07 Å². The summed E-state index contributed by atoms with van der Waals surface area (Å²) in [6.45, 7) is 5.28. The maximum Gasteiger partial charge on any atom is 0.317 e. The zero-order chi connectivity index (χ0) is 20.7. The zero-order valence-electron chi connectivity index (χ0n) is 16.3. The molecule has 0 radical (unpaired) electrons. The van der Waals surface area contributed by atoms with Crippen molar-refractivity contribution in [2.24, 2.45) is 0 Å². The lowest BCUT2D eigenvalue weighted by molar-refractivity contribution is -0.138. The Kier molecular flexibility index (Phi) is 7.92. The van der Waals surface area contributed by atoms with E-state index in [1.54, 1.807) is 12.1 Å². The number of likely N-dealkylation sites (tertiary alicyclic amines) is 1. The predicted molar refractivity (Wildman–Crippen MR) is 104 cm³/mol. The zero-order valence-corrected chi connectivity index (χ0v) is 16.3. The van der Waals surface area contributed by atoms with E-state index in [4.69, 9.17) is 5.11 Å². The third kappa shape index (κ3) is 5.76. The molecular formula is C20H28FN3O4. The monoisotopic (exact) mass is 393 g/mol.